The minimum absolute atomic E-state index is 0.0210. The van der Waals surface area contributed by atoms with Crippen LogP contribution in [0.3, 0.4) is 0 Å². The summed E-state index contributed by atoms with van der Waals surface area (Å²) in [5, 5.41) is 10.6. The Bertz CT molecular complexity index is 749. The monoisotopic (exact) mass is 337 g/mol. The Kier molecular flexibility index (Phi) is 5.54. The number of hydrogen-bond donors (Lipinski definition) is 0. The SMILES string of the molecule is COc1cc(/C=C/[N+](=O)[O-])cc(Cl)c1OCc1ccccc1F. The van der Waals surface area contributed by atoms with Crippen LogP contribution in [0.1, 0.15) is 11.1 Å². The van der Waals surface area contributed by atoms with E-state index in [1.807, 2.05) is 0 Å². The predicted octanol–water partition coefficient (Wildman–Crippen LogP) is 4.31. The molecule has 0 radical (unpaired) electrons. The molecule has 0 fully saturated rings. The number of rotatable bonds is 6. The Balaban J connectivity index is 2.24. The van der Waals surface area contributed by atoms with E-state index in [4.69, 9.17) is 21.1 Å². The lowest BCUT2D eigenvalue weighted by molar-refractivity contribution is -0.400. The van der Waals surface area contributed by atoms with Crippen LogP contribution in [-0.2, 0) is 6.61 Å². The van der Waals surface area contributed by atoms with Crippen molar-refractivity contribution in [2.75, 3.05) is 7.11 Å². The van der Waals surface area contributed by atoms with Gasteiger partial charge in [0.25, 0.3) is 0 Å². The molecule has 0 unspecified atom stereocenters. The second-order valence-corrected chi connectivity index (χ2v) is 4.92. The van der Waals surface area contributed by atoms with Gasteiger partial charge in [0, 0.05) is 11.6 Å². The van der Waals surface area contributed by atoms with Crippen LogP contribution in [0.2, 0.25) is 5.02 Å². The van der Waals surface area contributed by atoms with Gasteiger partial charge in [-0.3, -0.25) is 10.1 Å². The van der Waals surface area contributed by atoms with Crippen molar-refractivity contribution in [3.63, 3.8) is 0 Å². The first-order valence-electron chi connectivity index (χ1n) is 6.56. The van der Waals surface area contributed by atoms with Gasteiger partial charge in [-0.05, 0) is 23.8 Å². The Hall–Kier alpha value is -2.60. The van der Waals surface area contributed by atoms with Gasteiger partial charge in [0.05, 0.1) is 17.1 Å². The Morgan fingerprint density at radius 3 is 2.74 bits per heavy atom. The van der Waals surface area contributed by atoms with Crippen molar-refractivity contribution in [3.8, 4) is 11.5 Å². The number of nitro groups is 1. The molecule has 0 aromatic heterocycles. The first-order valence-corrected chi connectivity index (χ1v) is 6.94. The van der Waals surface area contributed by atoms with Gasteiger partial charge in [-0.1, -0.05) is 29.8 Å². The summed E-state index contributed by atoms with van der Waals surface area (Å²) in [4.78, 5) is 9.78. The van der Waals surface area contributed by atoms with E-state index in [1.165, 1.54) is 25.3 Å². The maximum atomic E-state index is 13.6. The summed E-state index contributed by atoms with van der Waals surface area (Å²) in [6.45, 7) is -0.0210. The third kappa shape index (κ3) is 4.43. The van der Waals surface area contributed by atoms with Gasteiger partial charge < -0.3 is 9.47 Å². The van der Waals surface area contributed by atoms with Crippen LogP contribution in [0.25, 0.3) is 6.08 Å². The molecule has 0 spiro atoms. The first-order chi connectivity index (χ1) is 11.0. The molecule has 0 aliphatic heterocycles. The number of nitrogens with zero attached hydrogens (tertiary/aromatic N) is 1. The fourth-order valence-electron chi connectivity index (χ4n) is 1.89. The number of methoxy groups -OCH3 is 1. The van der Waals surface area contributed by atoms with Crippen molar-refractivity contribution >= 4 is 17.7 Å². The van der Waals surface area contributed by atoms with E-state index < -0.39 is 4.92 Å². The van der Waals surface area contributed by atoms with Gasteiger partial charge in [0.15, 0.2) is 11.5 Å². The minimum Gasteiger partial charge on any atom is -0.493 e. The fourth-order valence-corrected chi connectivity index (χ4v) is 2.16. The Morgan fingerprint density at radius 1 is 1.35 bits per heavy atom. The molecular weight excluding hydrogens is 325 g/mol. The third-order valence-electron chi connectivity index (χ3n) is 2.97. The Morgan fingerprint density at radius 2 is 2.09 bits per heavy atom. The number of hydrogen-bond acceptors (Lipinski definition) is 4. The molecule has 0 atom stereocenters. The Labute approximate surface area is 137 Å². The molecule has 120 valence electrons. The van der Waals surface area contributed by atoms with Crippen LogP contribution < -0.4 is 9.47 Å². The average molecular weight is 338 g/mol. The summed E-state index contributed by atoms with van der Waals surface area (Å²) in [6, 6.07) is 9.27. The second kappa shape index (κ2) is 7.60. The molecule has 5 nitrogen and oxygen atoms in total. The molecule has 0 N–H and O–H groups in total. The lowest BCUT2D eigenvalue weighted by Gasteiger charge is -2.13. The van der Waals surface area contributed by atoms with E-state index in [-0.39, 0.29) is 23.2 Å². The zero-order valence-corrected chi connectivity index (χ0v) is 12.9. The zero-order valence-electron chi connectivity index (χ0n) is 12.2. The van der Waals surface area contributed by atoms with Crippen molar-refractivity contribution in [2.45, 2.75) is 6.61 Å². The van der Waals surface area contributed by atoms with E-state index in [1.54, 1.807) is 24.3 Å². The largest absolute Gasteiger partial charge is 0.493 e. The van der Waals surface area contributed by atoms with Crippen LogP contribution in [0.15, 0.2) is 42.6 Å². The minimum atomic E-state index is -0.580. The number of ether oxygens (including phenoxy) is 2. The molecule has 2 aromatic carbocycles. The summed E-state index contributed by atoms with van der Waals surface area (Å²) in [6.07, 6.45) is 2.08. The molecule has 0 amide bonds. The highest BCUT2D eigenvalue weighted by Crippen LogP contribution is 2.37. The summed E-state index contributed by atoms with van der Waals surface area (Å²) < 4.78 is 24.3. The molecule has 0 bridgehead atoms. The van der Waals surface area contributed by atoms with Gasteiger partial charge in [0.2, 0.25) is 6.20 Å². The summed E-state index contributed by atoms with van der Waals surface area (Å²) >= 11 is 6.13. The molecule has 0 heterocycles. The summed E-state index contributed by atoms with van der Waals surface area (Å²) in [7, 11) is 1.42. The molecule has 2 rings (SSSR count). The van der Waals surface area contributed by atoms with Crippen molar-refractivity contribution < 1.29 is 18.8 Å². The average Bonchev–Trinajstić information content (AvgIpc) is 2.52. The number of benzene rings is 2. The molecule has 23 heavy (non-hydrogen) atoms. The van der Waals surface area contributed by atoms with E-state index in [0.29, 0.717) is 16.9 Å². The van der Waals surface area contributed by atoms with Crippen molar-refractivity contribution in [1.29, 1.82) is 0 Å². The molecule has 0 aliphatic carbocycles. The first kappa shape index (κ1) is 16.8. The van der Waals surface area contributed by atoms with E-state index in [0.717, 1.165) is 6.20 Å². The zero-order chi connectivity index (χ0) is 16.8. The highest BCUT2D eigenvalue weighted by molar-refractivity contribution is 6.32. The van der Waals surface area contributed by atoms with Crippen LogP contribution in [-0.4, -0.2) is 12.0 Å². The third-order valence-corrected chi connectivity index (χ3v) is 3.25. The molecule has 0 saturated carbocycles. The maximum absolute atomic E-state index is 13.6. The number of halogens is 2. The molecular formula is C16H13ClFNO4. The van der Waals surface area contributed by atoms with Crippen LogP contribution in [0.4, 0.5) is 4.39 Å². The van der Waals surface area contributed by atoms with Crippen LogP contribution >= 0.6 is 11.6 Å². The van der Waals surface area contributed by atoms with Gasteiger partial charge in [0.1, 0.15) is 12.4 Å². The summed E-state index contributed by atoms with van der Waals surface area (Å²) in [5.41, 5.74) is 0.865. The highest BCUT2D eigenvalue weighted by atomic mass is 35.5. The smallest absolute Gasteiger partial charge is 0.235 e. The van der Waals surface area contributed by atoms with Gasteiger partial charge in [-0.25, -0.2) is 4.39 Å². The van der Waals surface area contributed by atoms with Gasteiger partial charge >= 0.3 is 0 Å². The van der Waals surface area contributed by atoms with E-state index in [9.17, 15) is 14.5 Å². The van der Waals surface area contributed by atoms with Crippen LogP contribution in [0, 0.1) is 15.9 Å². The van der Waals surface area contributed by atoms with Crippen molar-refractivity contribution in [2.24, 2.45) is 0 Å². The molecule has 7 heteroatoms. The molecule has 0 saturated heterocycles. The summed E-state index contributed by atoms with van der Waals surface area (Å²) in [5.74, 6) is 0.167. The van der Waals surface area contributed by atoms with Crippen molar-refractivity contribution in [1.82, 2.24) is 0 Å². The quantitative estimate of drug-likeness (QED) is 0.582. The topological polar surface area (TPSA) is 61.6 Å². The van der Waals surface area contributed by atoms with Crippen LogP contribution in [0.5, 0.6) is 11.5 Å². The molecule has 0 aliphatic rings. The standard InChI is InChI=1S/C16H13ClFNO4/c1-22-15-9-11(6-7-19(20)21)8-13(17)16(15)23-10-12-4-2-3-5-14(12)18/h2-9H,10H2,1H3/b7-6+. The highest BCUT2D eigenvalue weighted by Gasteiger charge is 2.13. The maximum Gasteiger partial charge on any atom is 0.235 e. The van der Waals surface area contributed by atoms with Gasteiger partial charge in [-0.2, -0.15) is 0 Å². The van der Waals surface area contributed by atoms with Crippen molar-refractivity contribution in [3.05, 3.63) is 74.7 Å². The van der Waals surface area contributed by atoms with Gasteiger partial charge in [-0.15, -0.1) is 0 Å². The predicted molar refractivity (Wildman–Crippen MR) is 84.8 cm³/mol. The lowest BCUT2D eigenvalue weighted by Crippen LogP contribution is -2.01. The second-order valence-electron chi connectivity index (χ2n) is 4.52. The van der Waals surface area contributed by atoms with E-state index >= 15 is 0 Å². The normalized spacial score (nSPS) is 10.7. The molecule has 2 aromatic rings. The van der Waals surface area contributed by atoms with E-state index in [2.05, 4.69) is 0 Å². The lowest BCUT2D eigenvalue weighted by atomic mass is 10.2. The fraction of sp³-hybridized carbons (Fsp3) is 0.125.